The molecule has 3 nitrogen and oxygen atoms in total. The van der Waals surface area contributed by atoms with Crippen molar-refractivity contribution >= 4 is 11.8 Å². The van der Waals surface area contributed by atoms with Crippen LogP contribution in [0.1, 0.15) is 11.1 Å². The zero-order valence-corrected chi connectivity index (χ0v) is 11.5. The lowest BCUT2D eigenvalue weighted by molar-refractivity contribution is 0.282. The van der Waals surface area contributed by atoms with Crippen LogP contribution in [-0.4, -0.2) is 18.8 Å². The molecule has 2 N–H and O–H groups in total. The largest absolute Gasteiger partial charge is 0.496 e. The summed E-state index contributed by atoms with van der Waals surface area (Å²) in [6.45, 7) is 0.731. The molecule has 0 radical (unpaired) electrons. The topological polar surface area (TPSA) is 41.5 Å². The molecule has 0 atom stereocenters. The normalized spacial score (nSPS) is 10.7. The van der Waals surface area contributed by atoms with Gasteiger partial charge in [-0.05, 0) is 12.1 Å². The van der Waals surface area contributed by atoms with E-state index in [2.05, 4.69) is 5.32 Å². The Balaban J connectivity index is 1.97. The summed E-state index contributed by atoms with van der Waals surface area (Å²) in [5.41, 5.74) is 2.91. The first-order valence-electron chi connectivity index (χ1n) is 6.57. The molecule has 2 rings (SSSR count). The van der Waals surface area contributed by atoms with Crippen LogP contribution in [0.2, 0.25) is 0 Å². The first kappa shape index (κ1) is 14.2. The van der Waals surface area contributed by atoms with E-state index in [-0.39, 0.29) is 6.61 Å². The van der Waals surface area contributed by atoms with Crippen LogP contribution in [-0.2, 0) is 6.61 Å². The molecule has 0 saturated carbocycles. The molecule has 0 aliphatic heterocycles. The number of rotatable bonds is 6. The van der Waals surface area contributed by atoms with Crippen molar-refractivity contribution < 1.29 is 9.84 Å². The average molecular weight is 269 g/mol. The van der Waals surface area contributed by atoms with Crippen LogP contribution >= 0.6 is 0 Å². The Bertz CT molecular complexity index is 579. The lowest BCUT2D eigenvalue weighted by Crippen LogP contribution is -2.01. The summed E-state index contributed by atoms with van der Waals surface area (Å²) in [5, 5.41) is 12.5. The number of anilines is 1. The minimum absolute atomic E-state index is 0.0411. The third-order valence-electron chi connectivity index (χ3n) is 3.03. The van der Waals surface area contributed by atoms with Crippen LogP contribution in [0.3, 0.4) is 0 Å². The minimum atomic E-state index is 0.0411. The Morgan fingerprint density at radius 1 is 1.10 bits per heavy atom. The van der Waals surface area contributed by atoms with E-state index in [1.807, 2.05) is 60.7 Å². The van der Waals surface area contributed by atoms with E-state index in [0.29, 0.717) is 6.54 Å². The molecule has 104 valence electrons. The van der Waals surface area contributed by atoms with Gasteiger partial charge in [-0.3, -0.25) is 0 Å². The van der Waals surface area contributed by atoms with Gasteiger partial charge >= 0.3 is 0 Å². The Morgan fingerprint density at radius 2 is 1.85 bits per heavy atom. The molecule has 0 aliphatic carbocycles. The highest BCUT2D eigenvalue weighted by molar-refractivity contribution is 5.58. The summed E-state index contributed by atoms with van der Waals surface area (Å²) < 4.78 is 5.29. The number of hydrogen-bond donors (Lipinski definition) is 2. The van der Waals surface area contributed by atoms with E-state index in [0.717, 1.165) is 22.6 Å². The maximum absolute atomic E-state index is 9.25. The number of aliphatic hydroxyl groups excluding tert-OH is 1. The number of ether oxygens (including phenoxy) is 1. The summed E-state index contributed by atoms with van der Waals surface area (Å²) in [4.78, 5) is 0. The molecular formula is C17H19NO2. The van der Waals surface area contributed by atoms with Crippen molar-refractivity contribution in [3.63, 3.8) is 0 Å². The van der Waals surface area contributed by atoms with Gasteiger partial charge in [0, 0.05) is 23.4 Å². The summed E-state index contributed by atoms with van der Waals surface area (Å²) >= 11 is 0. The maximum Gasteiger partial charge on any atom is 0.126 e. The van der Waals surface area contributed by atoms with Crippen LogP contribution in [0.5, 0.6) is 5.75 Å². The first-order chi connectivity index (χ1) is 9.85. The van der Waals surface area contributed by atoms with Crippen LogP contribution in [0.4, 0.5) is 5.69 Å². The van der Waals surface area contributed by atoms with Crippen LogP contribution in [0.25, 0.3) is 6.08 Å². The molecule has 0 spiro atoms. The monoisotopic (exact) mass is 269 g/mol. The maximum atomic E-state index is 9.25. The number of para-hydroxylation sites is 2. The van der Waals surface area contributed by atoms with Gasteiger partial charge < -0.3 is 15.2 Å². The van der Waals surface area contributed by atoms with Gasteiger partial charge in [0.15, 0.2) is 0 Å². The highest BCUT2D eigenvalue weighted by atomic mass is 16.5. The van der Waals surface area contributed by atoms with Gasteiger partial charge in [-0.15, -0.1) is 0 Å². The lowest BCUT2D eigenvalue weighted by atomic mass is 10.1. The fourth-order valence-corrected chi connectivity index (χ4v) is 1.99. The Labute approximate surface area is 119 Å². The molecule has 20 heavy (non-hydrogen) atoms. The second-order valence-corrected chi connectivity index (χ2v) is 4.34. The fourth-order valence-electron chi connectivity index (χ4n) is 1.99. The van der Waals surface area contributed by atoms with Gasteiger partial charge in [0.2, 0.25) is 0 Å². The van der Waals surface area contributed by atoms with Crippen molar-refractivity contribution in [2.24, 2.45) is 0 Å². The number of methoxy groups -OCH3 is 1. The van der Waals surface area contributed by atoms with Gasteiger partial charge in [-0.2, -0.15) is 0 Å². The third kappa shape index (κ3) is 3.62. The van der Waals surface area contributed by atoms with Crippen LogP contribution < -0.4 is 10.1 Å². The van der Waals surface area contributed by atoms with Crippen molar-refractivity contribution in [2.45, 2.75) is 6.61 Å². The van der Waals surface area contributed by atoms with Gasteiger partial charge in [-0.1, -0.05) is 48.6 Å². The van der Waals surface area contributed by atoms with Gasteiger partial charge in [0.05, 0.1) is 13.7 Å². The molecule has 0 aromatic heterocycles. The SMILES string of the molecule is COc1ccccc1/C=C/CNc1ccccc1CO. The smallest absolute Gasteiger partial charge is 0.126 e. The highest BCUT2D eigenvalue weighted by Gasteiger charge is 1.98. The fraction of sp³-hybridized carbons (Fsp3) is 0.176. The summed E-state index contributed by atoms with van der Waals surface area (Å²) in [7, 11) is 1.67. The Kier molecular flexibility index (Phi) is 5.21. The standard InChI is InChI=1S/C17H19NO2/c1-20-17-11-5-3-7-14(17)9-6-12-18-16-10-4-2-8-15(16)13-19/h2-11,18-19H,12-13H2,1H3/b9-6+. The van der Waals surface area contributed by atoms with E-state index in [1.165, 1.54) is 0 Å². The van der Waals surface area contributed by atoms with Crippen molar-refractivity contribution in [2.75, 3.05) is 19.0 Å². The lowest BCUT2D eigenvalue weighted by Gasteiger charge is -2.08. The highest BCUT2D eigenvalue weighted by Crippen LogP contribution is 2.19. The first-order valence-corrected chi connectivity index (χ1v) is 6.57. The molecule has 2 aromatic rings. The second-order valence-electron chi connectivity index (χ2n) is 4.34. The van der Waals surface area contributed by atoms with E-state index >= 15 is 0 Å². The van der Waals surface area contributed by atoms with Crippen molar-refractivity contribution in [3.05, 3.63) is 65.7 Å². The molecule has 0 saturated heterocycles. The molecule has 3 heteroatoms. The number of aliphatic hydroxyl groups is 1. The second kappa shape index (κ2) is 7.36. The molecule has 2 aromatic carbocycles. The van der Waals surface area contributed by atoms with Gasteiger partial charge in [0.25, 0.3) is 0 Å². The minimum Gasteiger partial charge on any atom is -0.496 e. The average Bonchev–Trinajstić information content (AvgIpc) is 2.52. The zero-order chi connectivity index (χ0) is 14.2. The molecule has 0 heterocycles. The van der Waals surface area contributed by atoms with Gasteiger partial charge in [0.1, 0.15) is 5.75 Å². The summed E-state index contributed by atoms with van der Waals surface area (Å²) in [5.74, 6) is 0.861. The Hall–Kier alpha value is -2.26. The van der Waals surface area contributed by atoms with Crippen molar-refractivity contribution in [1.82, 2.24) is 0 Å². The molecule has 0 fully saturated rings. The van der Waals surface area contributed by atoms with E-state index in [4.69, 9.17) is 4.74 Å². The molecule has 0 unspecified atom stereocenters. The van der Waals surface area contributed by atoms with Crippen molar-refractivity contribution in [3.8, 4) is 5.75 Å². The zero-order valence-electron chi connectivity index (χ0n) is 11.5. The van der Waals surface area contributed by atoms with Crippen LogP contribution in [0.15, 0.2) is 54.6 Å². The molecule has 0 aliphatic rings. The predicted molar refractivity (Wildman–Crippen MR) is 82.9 cm³/mol. The quantitative estimate of drug-likeness (QED) is 0.845. The van der Waals surface area contributed by atoms with Crippen LogP contribution in [0, 0.1) is 0 Å². The summed E-state index contributed by atoms with van der Waals surface area (Å²) in [6, 6.07) is 15.6. The number of nitrogens with one attached hydrogen (secondary N) is 1. The molecule has 0 bridgehead atoms. The third-order valence-corrected chi connectivity index (χ3v) is 3.03. The van der Waals surface area contributed by atoms with E-state index < -0.39 is 0 Å². The Morgan fingerprint density at radius 3 is 2.65 bits per heavy atom. The van der Waals surface area contributed by atoms with Gasteiger partial charge in [-0.25, -0.2) is 0 Å². The van der Waals surface area contributed by atoms with E-state index in [1.54, 1.807) is 7.11 Å². The predicted octanol–water partition coefficient (Wildman–Crippen LogP) is 3.31. The summed E-state index contributed by atoms with van der Waals surface area (Å²) in [6.07, 6.45) is 4.05. The number of benzene rings is 2. The van der Waals surface area contributed by atoms with Crippen molar-refractivity contribution in [1.29, 1.82) is 0 Å². The number of hydrogen-bond acceptors (Lipinski definition) is 3. The molecule has 0 amide bonds. The van der Waals surface area contributed by atoms with E-state index in [9.17, 15) is 5.11 Å². The molecular weight excluding hydrogens is 250 g/mol.